The van der Waals surface area contributed by atoms with E-state index >= 15 is 0 Å². The summed E-state index contributed by atoms with van der Waals surface area (Å²) in [4.78, 5) is 22.2. The van der Waals surface area contributed by atoms with E-state index in [0.29, 0.717) is 18.9 Å². The van der Waals surface area contributed by atoms with Crippen LogP contribution in [0.2, 0.25) is 0 Å². The van der Waals surface area contributed by atoms with Crippen LogP contribution in [0.15, 0.2) is 24.3 Å². The van der Waals surface area contributed by atoms with Crippen LogP contribution < -0.4 is 11.1 Å². The molecule has 0 heterocycles. The molecule has 21 heavy (non-hydrogen) atoms. The van der Waals surface area contributed by atoms with Crippen molar-refractivity contribution in [2.75, 3.05) is 6.54 Å². The first-order valence-electron chi connectivity index (χ1n) is 7.17. The number of amides is 1. The second kappa shape index (κ2) is 8.36. The lowest BCUT2D eigenvalue weighted by Gasteiger charge is -2.15. The zero-order valence-corrected chi connectivity index (χ0v) is 12.5. The Hall–Kier alpha value is -1.95. The number of nitrogens with zero attached hydrogens (tertiary/aromatic N) is 1. The molecule has 2 unspecified atom stereocenters. The summed E-state index contributed by atoms with van der Waals surface area (Å²) < 4.78 is 0. The maximum atomic E-state index is 11.9. The Labute approximate surface area is 124 Å². The Bertz CT molecular complexity index is 491. The van der Waals surface area contributed by atoms with Gasteiger partial charge in [-0.1, -0.05) is 19.1 Å². The SMILES string of the molecule is CC(CCN)CCC(=O)NC(C)c1cccc([N+](=O)[O-])c1. The van der Waals surface area contributed by atoms with Crippen molar-refractivity contribution in [2.45, 2.75) is 39.2 Å². The smallest absolute Gasteiger partial charge is 0.269 e. The summed E-state index contributed by atoms with van der Waals surface area (Å²) in [5, 5.41) is 13.6. The molecule has 0 aliphatic rings. The molecule has 1 aromatic rings. The minimum absolute atomic E-state index is 0.0326. The molecule has 0 saturated carbocycles. The van der Waals surface area contributed by atoms with Crippen molar-refractivity contribution in [1.82, 2.24) is 5.32 Å². The fourth-order valence-corrected chi connectivity index (χ4v) is 2.11. The van der Waals surface area contributed by atoms with E-state index in [0.717, 1.165) is 18.4 Å². The molecule has 1 rings (SSSR count). The molecule has 0 aromatic heterocycles. The fraction of sp³-hybridized carbons (Fsp3) is 0.533. The molecule has 116 valence electrons. The standard InChI is InChI=1S/C15H23N3O3/c1-11(8-9-16)6-7-15(19)17-12(2)13-4-3-5-14(10-13)18(20)21/h3-5,10-12H,6-9,16H2,1-2H3,(H,17,19). The Morgan fingerprint density at radius 1 is 1.38 bits per heavy atom. The van der Waals surface area contributed by atoms with Crippen molar-refractivity contribution in [2.24, 2.45) is 11.7 Å². The first-order valence-corrected chi connectivity index (χ1v) is 7.17. The number of benzene rings is 1. The summed E-state index contributed by atoms with van der Waals surface area (Å²) in [7, 11) is 0. The minimum Gasteiger partial charge on any atom is -0.350 e. The van der Waals surface area contributed by atoms with Gasteiger partial charge in [-0.15, -0.1) is 0 Å². The topological polar surface area (TPSA) is 98.3 Å². The van der Waals surface area contributed by atoms with Gasteiger partial charge in [-0.3, -0.25) is 14.9 Å². The van der Waals surface area contributed by atoms with E-state index in [1.54, 1.807) is 12.1 Å². The molecule has 0 spiro atoms. The van der Waals surface area contributed by atoms with Crippen LogP contribution in [0, 0.1) is 16.0 Å². The molecule has 0 fully saturated rings. The van der Waals surface area contributed by atoms with Gasteiger partial charge < -0.3 is 11.1 Å². The lowest BCUT2D eigenvalue weighted by atomic mass is 10.0. The third kappa shape index (κ3) is 5.91. The third-order valence-electron chi connectivity index (χ3n) is 3.48. The minimum atomic E-state index is -0.438. The van der Waals surface area contributed by atoms with E-state index in [4.69, 9.17) is 5.73 Å². The van der Waals surface area contributed by atoms with E-state index in [9.17, 15) is 14.9 Å². The summed E-state index contributed by atoms with van der Waals surface area (Å²) in [6.07, 6.45) is 2.15. The highest BCUT2D eigenvalue weighted by Gasteiger charge is 2.13. The van der Waals surface area contributed by atoms with Gasteiger partial charge in [0.15, 0.2) is 0 Å². The molecule has 6 heteroatoms. The Kier molecular flexibility index (Phi) is 6.81. The summed E-state index contributed by atoms with van der Waals surface area (Å²) >= 11 is 0. The molecule has 3 N–H and O–H groups in total. The second-order valence-corrected chi connectivity index (χ2v) is 5.36. The van der Waals surface area contributed by atoms with Gasteiger partial charge in [0.05, 0.1) is 11.0 Å². The highest BCUT2D eigenvalue weighted by atomic mass is 16.6. The number of hydrogen-bond donors (Lipinski definition) is 2. The normalized spacial score (nSPS) is 13.5. The second-order valence-electron chi connectivity index (χ2n) is 5.36. The van der Waals surface area contributed by atoms with E-state index in [1.807, 2.05) is 6.92 Å². The van der Waals surface area contributed by atoms with Crippen LogP contribution in [0.4, 0.5) is 5.69 Å². The monoisotopic (exact) mass is 293 g/mol. The Morgan fingerprint density at radius 3 is 2.71 bits per heavy atom. The number of carbonyl (C=O) groups is 1. The van der Waals surface area contributed by atoms with E-state index in [-0.39, 0.29) is 17.6 Å². The average Bonchev–Trinajstić information content (AvgIpc) is 2.45. The van der Waals surface area contributed by atoms with Crippen LogP contribution in [0.5, 0.6) is 0 Å². The number of nitrogens with two attached hydrogens (primary N) is 1. The summed E-state index contributed by atoms with van der Waals surface area (Å²) in [5.41, 5.74) is 6.24. The van der Waals surface area contributed by atoms with E-state index in [1.165, 1.54) is 12.1 Å². The molecule has 6 nitrogen and oxygen atoms in total. The zero-order chi connectivity index (χ0) is 15.8. The number of rotatable bonds is 8. The van der Waals surface area contributed by atoms with Gasteiger partial charge in [-0.25, -0.2) is 0 Å². The first-order chi connectivity index (χ1) is 9.93. The highest BCUT2D eigenvalue weighted by molar-refractivity contribution is 5.76. The first kappa shape index (κ1) is 17.1. The lowest BCUT2D eigenvalue weighted by Crippen LogP contribution is -2.26. The van der Waals surface area contributed by atoms with Gasteiger partial charge in [0.2, 0.25) is 5.91 Å². The number of hydrogen-bond acceptors (Lipinski definition) is 4. The number of nitrogens with one attached hydrogen (secondary N) is 1. The molecule has 0 aliphatic heterocycles. The van der Waals surface area contributed by atoms with Crippen molar-refractivity contribution >= 4 is 11.6 Å². The molecule has 0 saturated heterocycles. The Balaban J connectivity index is 2.52. The molecule has 1 aromatic carbocycles. The molecule has 0 bridgehead atoms. The summed E-state index contributed by atoms with van der Waals surface area (Å²) in [6.45, 7) is 4.53. The number of carbonyl (C=O) groups excluding carboxylic acids is 1. The van der Waals surface area contributed by atoms with Crippen LogP contribution in [0.1, 0.15) is 44.7 Å². The lowest BCUT2D eigenvalue weighted by molar-refractivity contribution is -0.384. The Morgan fingerprint density at radius 2 is 2.10 bits per heavy atom. The van der Waals surface area contributed by atoms with Gasteiger partial charge in [-0.2, -0.15) is 0 Å². The molecule has 0 radical (unpaired) electrons. The largest absolute Gasteiger partial charge is 0.350 e. The third-order valence-corrected chi connectivity index (χ3v) is 3.48. The summed E-state index contributed by atoms with van der Waals surface area (Å²) in [6, 6.07) is 6.07. The average molecular weight is 293 g/mol. The van der Waals surface area contributed by atoms with Crippen molar-refractivity contribution < 1.29 is 9.72 Å². The van der Waals surface area contributed by atoms with Crippen LogP contribution in [-0.4, -0.2) is 17.4 Å². The van der Waals surface area contributed by atoms with Crippen molar-refractivity contribution in [3.8, 4) is 0 Å². The molecule has 1 amide bonds. The van der Waals surface area contributed by atoms with Crippen molar-refractivity contribution in [3.05, 3.63) is 39.9 Å². The zero-order valence-electron chi connectivity index (χ0n) is 12.5. The number of nitro benzene ring substituents is 1. The molecule has 0 aliphatic carbocycles. The number of nitro groups is 1. The molecular weight excluding hydrogens is 270 g/mol. The molecular formula is C15H23N3O3. The van der Waals surface area contributed by atoms with Crippen LogP contribution >= 0.6 is 0 Å². The summed E-state index contributed by atoms with van der Waals surface area (Å²) in [5.74, 6) is 0.381. The number of non-ortho nitro benzene ring substituents is 1. The van der Waals surface area contributed by atoms with Gasteiger partial charge in [0.1, 0.15) is 0 Å². The van der Waals surface area contributed by atoms with Gasteiger partial charge in [0.25, 0.3) is 5.69 Å². The van der Waals surface area contributed by atoms with Gasteiger partial charge in [0, 0.05) is 18.6 Å². The fourth-order valence-electron chi connectivity index (χ4n) is 2.11. The predicted octanol–water partition coefficient (Wildman–Crippen LogP) is 2.54. The van der Waals surface area contributed by atoms with E-state index < -0.39 is 4.92 Å². The van der Waals surface area contributed by atoms with E-state index in [2.05, 4.69) is 12.2 Å². The maximum Gasteiger partial charge on any atom is 0.269 e. The quantitative estimate of drug-likeness (QED) is 0.568. The highest BCUT2D eigenvalue weighted by Crippen LogP contribution is 2.19. The van der Waals surface area contributed by atoms with Crippen LogP contribution in [-0.2, 0) is 4.79 Å². The maximum absolute atomic E-state index is 11.9. The predicted molar refractivity (Wildman–Crippen MR) is 81.7 cm³/mol. The van der Waals surface area contributed by atoms with Crippen molar-refractivity contribution in [1.29, 1.82) is 0 Å². The molecule has 2 atom stereocenters. The van der Waals surface area contributed by atoms with Crippen molar-refractivity contribution in [3.63, 3.8) is 0 Å². The van der Waals surface area contributed by atoms with Gasteiger partial charge >= 0.3 is 0 Å². The van der Waals surface area contributed by atoms with Crippen LogP contribution in [0.25, 0.3) is 0 Å². The van der Waals surface area contributed by atoms with Gasteiger partial charge in [-0.05, 0) is 37.8 Å². The van der Waals surface area contributed by atoms with Crippen LogP contribution in [0.3, 0.4) is 0 Å².